The van der Waals surface area contributed by atoms with E-state index in [4.69, 9.17) is 10.5 Å². The van der Waals surface area contributed by atoms with E-state index in [1.54, 1.807) is 0 Å². The maximum Gasteiger partial charge on any atom is 0.322 e. The van der Waals surface area contributed by atoms with E-state index in [0.717, 1.165) is 32.1 Å². The van der Waals surface area contributed by atoms with Crippen LogP contribution in [0.15, 0.2) is 0 Å². The number of unbranched alkanes of at least 4 members (excludes halogenated alkanes) is 17. The van der Waals surface area contributed by atoms with Gasteiger partial charge in [0, 0.05) is 12.8 Å². The first kappa shape index (κ1) is 33.6. The number of carbonyl (C=O) groups is 3. The van der Waals surface area contributed by atoms with Crippen molar-refractivity contribution in [3.8, 4) is 0 Å². The third kappa shape index (κ3) is 24.1. The monoisotopic (exact) mass is 496 g/mol. The fraction of sp³-hybridized carbons (Fsp3) is 0.897. The lowest BCUT2D eigenvalue weighted by Crippen LogP contribution is -2.36. The molecule has 0 fully saturated rings. The van der Waals surface area contributed by atoms with Crippen molar-refractivity contribution < 1.29 is 19.1 Å². The standard InChI is InChI=1S/C29H56N2O4/c1-3-5-7-9-11-13-15-17-19-21-25-35-29(34)26(30)23-24-28(33)31-27(32)22-20-18-16-14-12-10-8-6-4-2/h26H,3-25,30H2,1-2H3,(H,31,32,33). The van der Waals surface area contributed by atoms with Gasteiger partial charge in [-0.1, -0.05) is 123 Å². The molecule has 0 aliphatic heterocycles. The molecule has 0 heterocycles. The zero-order valence-electron chi connectivity index (χ0n) is 23.1. The van der Waals surface area contributed by atoms with Crippen LogP contribution in [-0.2, 0) is 19.1 Å². The number of nitrogens with one attached hydrogen (secondary N) is 1. The summed E-state index contributed by atoms with van der Waals surface area (Å²) in [6, 6.07) is -0.823. The predicted octanol–water partition coefficient (Wildman–Crippen LogP) is 7.12. The Labute approximate surface area is 215 Å². The van der Waals surface area contributed by atoms with Gasteiger partial charge < -0.3 is 10.5 Å². The highest BCUT2D eigenvalue weighted by Gasteiger charge is 2.17. The highest BCUT2D eigenvalue weighted by molar-refractivity contribution is 5.95. The normalized spacial score (nSPS) is 11.9. The van der Waals surface area contributed by atoms with Gasteiger partial charge in [0.1, 0.15) is 6.04 Å². The average Bonchev–Trinajstić information content (AvgIpc) is 2.84. The molecule has 0 saturated carbocycles. The molecule has 0 aliphatic rings. The molecule has 0 radical (unpaired) electrons. The van der Waals surface area contributed by atoms with Gasteiger partial charge in [0.25, 0.3) is 0 Å². The zero-order valence-corrected chi connectivity index (χ0v) is 23.1. The molecule has 6 nitrogen and oxygen atoms in total. The molecule has 35 heavy (non-hydrogen) atoms. The summed E-state index contributed by atoms with van der Waals surface area (Å²) in [5.74, 6) is -1.08. The van der Waals surface area contributed by atoms with Crippen molar-refractivity contribution in [1.82, 2.24) is 5.32 Å². The summed E-state index contributed by atoms with van der Waals surface area (Å²) < 4.78 is 5.24. The molecular weight excluding hydrogens is 440 g/mol. The predicted molar refractivity (Wildman–Crippen MR) is 145 cm³/mol. The van der Waals surface area contributed by atoms with Crippen LogP contribution in [0.4, 0.5) is 0 Å². The third-order valence-electron chi connectivity index (χ3n) is 6.51. The number of nitrogens with two attached hydrogens (primary N) is 1. The van der Waals surface area contributed by atoms with Crippen molar-refractivity contribution >= 4 is 17.8 Å². The SMILES string of the molecule is CCCCCCCCCCCCOC(=O)C(N)CCC(=O)NC(=O)CCCCCCCCCCC. The number of hydrogen-bond acceptors (Lipinski definition) is 5. The number of carbonyl (C=O) groups excluding carboxylic acids is 3. The number of esters is 1. The van der Waals surface area contributed by atoms with Crippen molar-refractivity contribution in [2.24, 2.45) is 5.73 Å². The van der Waals surface area contributed by atoms with Crippen LogP contribution in [0.1, 0.15) is 155 Å². The van der Waals surface area contributed by atoms with Crippen molar-refractivity contribution in [1.29, 1.82) is 0 Å². The van der Waals surface area contributed by atoms with Crippen molar-refractivity contribution in [3.05, 3.63) is 0 Å². The van der Waals surface area contributed by atoms with Crippen LogP contribution in [-0.4, -0.2) is 30.4 Å². The summed E-state index contributed by atoms with van der Waals surface area (Å²) >= 11 is 0. The summed E-state index contributed by atoms with van der Waals surface area (Å²) in [5, 5.41) is 2.40. The largest absolute Gasteiger partial charge is 0.465 e. The summed E-state index contributed by atoms with van der Waals surface area (Å²) in [5.41, 5.74) is 5.85. The smallest absolute Gasteiger partial charge is 0.322 e. The molecule has 0 saturated heterocycles. The Hall–Kier alpha value is -1.43. The Morgan fingerprint density at radius 1 is 0.600 bits per heavy atom. The van der Waals surface area contributed by atoms with Crippen LogP contribution in [0, 0.1) is 0 Å². The van der Waals surface area contributed by atoms with Gasteiger partial charge in [-0.05, 0) is 19.3 Å². The van der Waals surface area contributed by atoms with Crippen LogP contribution in [0.5, 0.6) is 0 Å². The van der Waals surface area contributed by atoms with Crippen LogP contribution < -0.4 is 11.1 Å². The molecule has 0 aromatic rings. The molecule has 0 aliphatic carbocycles. The first-order valence-corrected chi connectivity index (χ1v) is 14.8. The van der Waals surface area contributed by atoms with Crippen LogP contribution in [0.2, 0.25) is 0 Å². The fourth-order valence-electron chi connectivity index (χ4n) is 4.15. The molecule has 0 rings (SSSR count). The van der Waals surface area contributed by atoms with E-state index in [2.05, 4.69) is 19.2 Å². The van der Waals surface area contributed by atoms with Crippen LogP contribution in [0.25, 0.3) is 0 Å². The van der Waals surface area contributed by atoms with Gasteiger partial charge in [0.15, 0.2) is 0 Å². The number of ether oxygens (including phenoxy) is 1. The maximum atomic E-state index is 12.0. The Bertz CT molecular complexity index is 525. The van der Waals surface area contributed by atoms with Crippen molar-refractivity contribution in [2.75, 3.05) is 6.61 Å². The van der Waals surface area contributed by atoms with Gasteiger partial charge in [-0.3, -0.25) is 19.7 Å². The lowest BCUT2D eigenvalue weighted by Gasteiger charge is -2.11. The summed E-state index contributed by atoms with van der Waals surface area (Å²) in [6.07, 6.45) is 23.5. The van der Waals surface area contributed by atoms with Gasteiger partial charge in [-0.15, -0.1) is 0 Å². The quantitative estimate of drug-likeness (QED) is 0.103. The number of hydrogen-bond donors (Lipinski definition) is 2. The van der Waals surface area contributed by atoms with Crippen molar-refractivity contribution in [2.45, 2.75) is 161 Å². The molecule has 0 bridgehead atoms. The van der Waals surface area contributed by atoms with Crippen LogP contribution >= 0.6 is 0 Å². The lowest BCUT2D eigenvalue weighted by atomic mass is 10.1. The minimum Gasteiger partial charge on any atom is -0.465 e. The molecular formula is C29H56N2O4. The molecule has 206 valence electrons. The van der Waals surface area contributed by atoms with E-state index in [1.165, 1.54) is 89.9 Å². The van der Waals surface area contributed by atoms with E-state index < -0.39 is 12.0 Å². The molecule has 0 aromatic heterocycles. The molecule has 1 unspecified atom stereocenters. The molecule has 0 aromatic carbocycles. The van der Waals surface area contributed by atoms with E-state index in [-0.39, 0.29) is 24.7 Å². The number of imide groups is 1. The van der Waals surface area contributed by atoms with Gasteiger partial charge in [0.05, 0.1) is 6.61 Å². The van der Waals surface area contributed by atoms with Gasteiger partial charge in [-0.25, -0.2) is 0 Å². The second-order valence-electron chi connectivity index (χ2n) is 10.0. The minimum absolute atomic E-state index is 0.0536. The van der Waals surface area contributed by atoms with E-state index in [9.17, 15) is 14.4 Å². The van der Waals surface area contributed by atoms with Crippen molar-refractivity contribution in [3.63, 3.8) is 0 Å². The second kappa shape index (κ2) is 25.7. The molecule has 2 amide bonds. The lowest BCUT2D eigenvalue weighted by molar-refractivity contribution is -0.145. The molecule has 1 atom stereocenters. The topological polar surface area (TPSA) is 98.5 Å². The van der Waals surface area contributed by atoms with Gasteiger partial charge in [0.2, 0.25) is 11.8 Å². The Morgan fingerprint density at radius 2 is 1.00 bits per heavy atom. The minimum atomic E-state index is -0.823. The average molecular weight is 497 g/mol. The first-order chi connectivity index (χ1) is 17.0. The summed E-state index contributed by atoms with van der Waals surface area (Å²) in [7, 11) is 0. The number of amides is 2. The van der Waals surface area contributed by atoms with Gasteiger partial charge >= 0.3 is 5.97 Å². The summed E-state index contributed by atoms with van der Waals surface area (Å²) in [6.45, 7) is 4.84. The second-order valence-corrected chi connectivity index (χ2v) is 10.0. The number of rotatable bonds is 25. The molecule has 6 heteroatoms. The highest BCUT2D eigenvalue weighted by atomic mass is 16.5. The molecule has 0 spiro atoms. The Balaban J connectivity index is 3.59. The van der Waals surface area contributed by atoms with Gasteiger partial charge in [-0.2, -0.15) is 0 Å². The maximum absolute atomic E-state index is 12.0. The molecule has 3 N–H and O–H groups in total. The first-order valence-electron chi connectivity index (χ1n) is 14.8. The zero-order chi connectivity index (χ0) is 26.0. The van der Waals surface area contributed by atoms with Crippen LogP contribution in [0.3, 0.4) is 0 Å². The Kier molecular flexibility index (Phi) is 24.6. The Morgan fingerprint density at radius 3 is 1.49 bits per heavy atom. The summed E-state index contributed by atoms with van der Waals surface area (Å²) in [4.78, 5) is 35.9. The highest BCUT2D eigenvalue weighted by Crippen LogP contribution is 2.12. The van der Waals surface area contributed by atoms with E-state index in [0.29, 0.717) is 13.0 Å². The van der Waals surface area contributed by atoms with E-state index >= 15 is 0 Å². The van der Waals surface area contributed by atoms with E-state index in [1.807, 2.05) is 0 Å². The third-order valence-corrected chi connectivity index (χ3v) is 6.51. The fourth-order valence-corrected chi connectivity index (χ4v) is 4.15.